The molecule has 0 bridgehead atoms. The molecule has 0 spiro atoms. The van der Waals surface area contributed by atoms with E-state index in [4.69, 9.17) is 4.79 Å². The normalized spacial score (nSPS) is 9.76. The summed E-state index contributed by atoms with van der Waals surface area (Å²) in [6.45, 7) is 0. The van der Waals surface area contributed by atoms with Crippen LogP contribution in [-0.4, -0.2) is 23.4 Å². The standard InChI is InChI=1S/C3H3F3O.C2Cl3F3.C2ClF3.CF2O/c1-7-3(6)2(4)5;3-1(4,6)2(5,7)8;3-1(4)2(5)6;2-1(3)4/h1H3;;;. The quantitative estimate of drug-likeness (QED) is 0.173. The molecule has 0 aliphatic carbocycles. The van der Waals surface area contributed by atoms with E-state index in [1.54, 1.807) is 0 Å². The average Bonchev–Trinajstić information content (AvgIpc) is 2.35. The highest BCUT2D eigenvalue weighted by Gasteiger charge is 2.51. The topological polar surface area (TPSA) is 26.3 Å². The largest absolute Gasteiger partial charge is 0.483 e. The van der Waals surface area contributed by atoms with Crippen LogP contribution >= 0.6 is 46.4 Å². The highest BCUT2D eigenvalue weighted by Crippen LogP contribution is 2.42. The fourth-order valence-corrected chi connectivity index (χ4v) is 0.0772. The summed E-state index contributed by atoms with van der Waals surface area (Å²) in [4.78, 5) is 8.11. The minimum atomic E-state index is -4.23. The summed E-state index contributed by atoms with van der Waals surface area (Å²) in [5.74, 6) is 0. The van der Waals surface area contributed by atoms with Gasteiger partial charge in [-0.25, -0.2) is 4.79 Å². The van der Waals surface area contributed by atoms with E-state index < -0.39 is 39.7 Å². The van der Waals surface area contributed by atoms with Crippen molar-refractivity contribution in [3.63, 3.8) is 0 Å². The Morgan fingerprint density at radius 1 is 0.800 bits per heavy atom. The Morgan fingerprint density at radius 2 is 1.00 bits per heavy atom. The lowest BCUT2D eigenvalue weighted by atomic mass is 10.8. The van der Waals surface area contributed by atoms with Gasteiger partial charge in [0.15, 0.2) is 0 Å². The van der Waals surface area contributed by atoms with E-state index >= 15 is 0 Å². The van der Waals surface area contributed by atoms with Gasteiger partial charge in [-0.1, -0.05) is 23.2 Å². The Balaban J connectivity index is -0.000000121. The second kappa shape index (κ2) is 15.6. The minimum Gasteiger partial charge on any atom is -0.470 e. The second-order valence-corrected chi connectivity index (χ2v) is 4.52. The number of alkyl halides is 6. The van der Waals surface area contributed by atoms with Crippen LogP contribution < -0.4 is 0 Å². The van der Waals surface area contributed by atoms with Crippen LogP contribution in [0.1, 0.15) is 0 Å². The maximum Gasteiger partial charge on any atom is 0.483 e. The summed E-state index contributed by atoms with van der Waals surface area (Å²) in [5, 5.41) is -6.16. The van der Waals surface area contributed by atoms with E-state index in [9.17, 15) is 48.3 Å². The van der Waals surface area contributed by atoms with Crippen molar-refractivity contribution in [2.45, 2.75) is 9.97 Å². The SMILES string of the molecule is COC(F)=C(F)F.FC(F)(Cl)C(F)(Cl)Cl.FC(F)=C(F)Cl.O=C(F)F. The van der Waals surface area contributed by atoms with Crippen LogP contribution in [0.25, 0.3) is 0 Å². The van der Waals surface area contributed by atoms with E-state index in [2.05, 4.69) is 51.1 Å². The molecule has 0 aromatic heterocycles. The third-order valence-electron chi connectivity index (χ3n) is 0.792. The number of ether oxygens (including phenoxy) is 1. The molecule has 0 N–H and O–H groups in total. The molecule has 0 radical (unpaired) electrons. The first-order chi connectivity index (χ1) is 10.8. The zero-order valence-corrected chi connectivity index (χ0v) is 14.0. The van der Waals surface area contributed by atoms with Crippen molar-refractivity contribution in [1.29, 1.82) is 0 Å². The molecule has 0 atom stereocenters. The predicted molar refractivity (Wildman–Crippen MR) is 67.5 cm³/mol. The third-order valence-corrected chi connectivity index (χ3v) is 1.86. The Kier molecular flexibility index (Phi) is 20.0. The first-order valence-electron chi connectivity index (χ1n) is 4.40. The van der Waals surface area contributed by atoms with Crippen LogP contribution in [0, 0.1) is 0 Å². The molecule has 17 heteroatoms. The van der Waals surface area contributed by atoms with Gasteiger partial charge in [0, 0.05) is 0 Å². The summed E-state index contributed by atoms with van der Waals surface area (Å²) < 4.78 is 118. The lowest BCUT2D eigenvalue weighted by molar-refractivity contribution is 0.0241. The number of hydrogen-bond donors (Lipinski definition) is 0. The zero-order valence-electron chi connectivity index (χ0n) is 11.0. The molecule has 0 heterocycles. The lowest BCUT2D eigenvalue weighted by Gasteiger charge is -2.13. The smallest absolute Gasteiger partial charge is 0.470 e. The van der Waals surface area contributed by atoms with Crippen LogP contribution in [0.5, 0.6) is 0 Å². The highest BCUT2D eigenvalue weighted by atomic mass is 35.5. The summed E-state index contributed by atoms with van der Waals surface area (Å²) >= 11 is 16.6. The fourth-order valence-electron chi connectivity index (χ4n) is 0.0772. The van der Waals surface area contributed by atoms with Crippen molar-refractivity contribution in [2.75, 3.05) is 7.11 Å². The van der Waals surface area contributed by atoms with Gasteiger partial charge in [0.1, 0.15) is 0 Å². The summed E-state index contributed by atoms with van der Waals surface area (Å²) in [6, 6.07) is -1.82. The summed E-state index contributed by atoms with van der Waals surface area (Å²) in [6.07, 6.45) is -7.74. The molecule has 0 aliphatic heterocycles. The van der Waals surface area contributed by atoms with E-state index in [0.29, 0.717) is 0 Å². The molecule has 25 heavy (non-hydrogen) atoms. The van der Waals surface area contributed by atoms with Gasteiger partial charge in [0.2, 0.25) is 0 Å². The molecular formula is C8H3Cl4F11O2. The van der Waals surface area contributed by atoms with Crippen LogP contribution in [0.15, 0.2) is 23.5 Å². The summed E-state index contributed by atoms with van der Waals surface area (Å²) in [5.41, 5.74) is 0. The third kappa shape index (κ3) is 31.6. The van der Waals surface area contributed by atoms with E-state index in [1.807, 2.05) is 0 Å². The van der Waals surface area contributed by atoms with Gasteiger partial charge < -0.3 is 4.74 Å². The van der Waals surface area contributed by atoms with Crippen molar-refractivity contribution in [3.05, 3.63) is 23.5 Å². The van der Waals surface area contributed by atoms with Crippen molar-refractivity contribution in [2.24, 2.45) is 0 Å². The maximum absolute atomic E-state index is 11.5. The number of halogens is 15. The first kappa shape index (κ1) is 32.0. The Bertz CT molecular complexity index is 406. The molecule has 0 aromatic carbocycles. The Hall–Kier alpha value is -0.660. The average molecular weight is 482 g/mol. The predicted octanol–water partition coefficient (Wildman–Crippen LogP) is 7.89. The molecule has 0 aromatic rings. The molecular weight excluding hydrogens is 479 g/mol. The van der Waals surface area contributed by atoms with Crippen LogP contribution in [-0.2, 0) is 4.74 Å². The Labute approximate surface area is 151 Å². The molecule has 0 unspecified atom stereocenters. The van der Waals surface area contributed by atoms with Gasteiger partial charge in [-0.2, -0.15) is 39.5 Å². The number of carbonyl (C=O) groups excluding carboxylic acids is 1. The van der Waals surface area contributed by atoms with Gasteiger partial charge in [0.05, 0.1) is 7.11 Å². The molecule has 2 nitrogen and oxygen atoms in total. The molecule has 0 rings (SSSR count). The van der Waals surface area contributed by atoms with Crippen molar-refractivity contribution in [1.82, 2.24) is 0 Å². The minimum absolute atomic E-state index is 0.828. The van der Waals surface area contributed by atoms with Crippen molar-refractivity contribution >= 4 is 52.7 Å². The lowest BCUT2D eigenvalue weighted by Crippen LogP contribution is -2.27. The molecule has 0 aliphatic rings. The van der Waals surface area contributed by atoms with Gasteiger partial charge in [-0.05, 0) is 23.2 Å². The van der Waals surface area contributed by atoms with E-state index in [1.165, 1.54) is 0 Å². The van der Waals surface area contributed by atoms with Crippen molar-refractivity contribution < 1.29 is 57.8 Å². The van der Waals surface area contributed by atoms with E-state index in [-0.39, 0.29) is 0 Å². The van der Waals surface area contributed by atoms with Gasteiger partial charge in [-0.15, -0.1) is 8.78 Å². The molecule has 0 amide bonds. The van der Waals surface area contributed by atoms with Crippen LogP contribution in [0.2, 0.25) is 0 Å². The van der Waals surface area contributed by atoms with Gasteiger partial charge >= 0.3 is 34.4 Å². The van der Waals surface area contributed by atoms with Gasteiger partial charge in [0.25, 0.3) is 5.29 Å². The monoisotopic (exact) mass is 480 g/mol. The Morgan fingerprint density at radius 3 is 1.00 bits per heavy atom. The maximum atomic E-state index is 11.5. The molecule has 0 saturated carbocycles. The van der Waals surface area contributed by atoms with Crippen LogP contribution in [0.4, 0.5) is 53.1 Å². The van der Waals surface area contributed by atoms with Crippen LogP contribution in [0.3, 0.4) is 0 Å². The first-order valence-corrected chi connectivity index (χ1v) is 5.91. The number of rotatable bonds is 2. The van der Waals surface area contributed by atoms with Crippen molar-refractivity contribution in [3.8, 4) is 0 Å². The number of hydrogen-bond acceptors (Lipinski definition) is 2. The number of carbonyl (C=O) groups is 1. The second-order valence-electron chi connectivity index (χ2n) is 2.48. The van der Waals surface area contributed by atoms with Gasteiger partial charge in [-0.3, -0.25) is 0 Å². The zero-order chi connectivity index (χ0) is 21.6. The molecule has 0 fully saturated rings. The number of methoxy groups -OCH3 is 1. The summed E-state index contributed by atoms with van der Waals surface area (Å²) in [7, 11) is 0.828. The highest BCUT2D eigenvalue weighted by molar-refractivity contribution is 6.51. The molecule has 0 saturated heterocycles. The molecule has 152 valence electrons. The fraction of sp³-hybridized carbons (Fsp3) is 0.375. The van der Waals surface area contributed by atoms with E-state index in [0.717, 1.165) is 7.11 Å².